The summed E-state index contributed by atoms with van der Waals surface area (Å²) in [6, 6.07) is 4.89. The molecule has 5 heteroatoms. The number of nitrogens with zero attached hydrogens (tertiary/aromatic N) is 1. The van der Waals surface area contributed by atoms with E-state index in [1.165, 1.54) is 0 Å². The number of carboxylic acid groups (broad SMARTS) is 1. The first-order valence-corrected chi connectivity index (χ1v) is 3.59. The molecule has 66 valence electrons. The summed E-state index contributed by atoms with van der Waals surface area (Å²) in [5.74, 6) is 0.282. The van der Waals surface area contributed by atoms with Crippen molar-refractivity contribution in [2.75, 3.05) is 0 Å². The number of fused-ring (bicyclic) bond motifs is 1. The molecule has 0 unspecified atom stereocenters. The zero-order valence-corrected chi connectivity index (χ0v) is 6.52. The summed E-state index contributed by atoms with van der Waals surface area (Å²) >= 11 is 0. The van der Waals surface area contributed by atoms with Gasteiger partial charge in [0.15, 0.2) is 0 Å². The molecule has 13 heavy (non-hydrogen) atoms. The van der Waals surface area contributed by atoms with E-state index in [0.29, 0.717) is 0 Å². The van der Waals surface area contributed by atoms with Gasteiger partial charge in [-0.1, -0.05) is 0 Å². The van der Waals surface area contributed by atoms with Gasteiger partial charge < -0.3 is 9.84 Å². The Labute approximate surface area is 72.9 Å². The highest BCUT2D eigenvalue weighted by atomic mass is 16.7. The summed E-state index contributed by atoms with van der Waals surface area (Å²) in [7, 11) is 0. The maximum atomic E-state index is 10.2. The van der Waals surface area contributed by atoms with Crippen molar-refractivity contribution in [2.24, 2.45) is 0 Å². The van der Waals surface area contributed by atoms with E-state index in [1.54, 1.807) is 24.4 Å². The van der Waals surface area contributed by atoms with Gasteiger partial charge in [0.1, 0.15) is 5.75 Å². The molecule has 2 rings (SSSR count). The Morgan fingerprint density at radius 3 is 3.15 bits per heavy atom. The number of rotatable bonds is 1. The molecule has 0 fully saturated rings. The molecule has 2 N–H and O–H groups in total. The summed E-state index contributed by atoms with van der Waals surface area (Å²) in [6.07, 6.45) is 0.332. The highest BCUT2D eigenvalue weighted by Gasteiger charge is 2.02. The van der Waals surface area contributed by atoms with Gasteiger partial charge in [-0.2, -0.15) is 5.10 Å². The van der Waals surface area contributed by atoms with Crippen LogP contribution in [0.3, 0.4) is 0 Å². The number of H-pyrrole nitrogens is 1. The quantitative estimate of drug-likeness (QED) is 0.514. The summed E-state index contributed by atoms with van der Waals surface area (Å²) in [5, 5.41) is 15.8. The summed E-state index contributed by atoms with van der Waals surface area (Å²) in [5.41, 5.74) is 0.749. The maximum Gasteiger partial charge on any atom is 0.511 e. The second kappa shape index (κ2) is 2.78. The molecular formula is C8H6N2O3. The number of benzene rings is 1. The van der Waals surface area contributed by atoms with E-state index in [2.05, 4.69) is 14.9 Å². The lowest BCUT2D eigenvalue weighted by atomic mass is 10.2. The highest BCUT2D eigenvalue weighted by Crippen LogP contribution is 2.18. The SMILES string of the molecule is O=C(O)Oc1ccc2cn[nH]c2c1. The van der Waals surface area contributed by atoms with E-state index >= 15 is 0 Å². The van der Waals surface area contributed by atoms with Crippen LogP contribution in [0.5, 0.6) is 5.75 Å². The molecule has 0 spiro atoms. The Balaban J connectivity index is 2.42. The average Bonchev–Trinajstić information content (AvgIpc) is 2.49. The lowest BCUT2D eigenvalue weighted by molar-refractivity contribution is 0.144. The molecule has 0 aliphatic heterocycles. The Bertz CT molecular complexity index is 449. The van der Waals surface area contributed by atoms with E-state index in [1.807, 2.05) is 0 Å². The van der Waals surface area contributed by atoms with Crippen molar-refractivity contribution in [3.05, 3.63) is 24.4 Å². The van der Waals surface area contributed by atoms with E-state index < -0.39 is 6.16 Å². The fourth-order valence-electron chi connectivity index (χ4n) is 1.08. The molecule has 5 nitrogen and oxygen atoms in total. The minimum absolute atomic E-state index is 0.282. The van der Waals surface area contributed by atoms with Gasteiger partial charge in [0, 0.05) is 11.5 Å². The molecule has 0 bridgehead atoms. The van der Waals surface area contributed by atoms with Crippen LogP contribution in [0, 0.1) is 0 Å². The molecule has 0 radical (unpaired) electrons. The standard InChI is InChI=1S/C8H6N2O3/c11-8(12)13-6-2-1-5-4-9-10-7(5)3-6/h1-4H,(H,9,10)(H,11,12). The van der Waals surface area contributed by atoms with E-state index in [9.17, 15) is 4.79 Å². The third-order valence-corrected chi connectivity index (χ3v) is 1.62. The van der Waals surface area contributed by atoms with Gasteiger partial charge in [0.25, 0.3) is 0 Å². The third-order valence-electron chi connectivity index (χ3n) is 1.62. The minimum atomic E-state index is -1.32. The van der Waals surface area contributed by atoms with Crippen LogP contribution in [-0.2, 0) is 0 Å². The molecule has 0 aliphatic carbocycles. The Morgan fingerprint density at radius 1 is 1.54 bits per heavy atom. The Hall–Kier alpha value is -2.04. The largest absolute Gasteiger partial charge is 0.511 e. The number of aromatic nitrogens is 2. The van der Waals surface area contributed by atoms with Gasteiger partial charge in [-0.15, -0.1) is 0 Å². The molecule has 0 saturated heterocycles. The van der Waals surface area contributed by atoms with E-state index in [4.69, 9.17) is 5.11 Å². The predicted octanol–water partition coefficient (Wildman–Crippen LogP) is 1.62. The van der Waals surface area contributed by atoms with Crippen LogP contribution in [0.15, 0.2) is 24.4 Å². The lowest BCUT2D eigenvalue weighted by Crippen LogP contribution is -2.02. The first-order valence-electron chi connectivity index (χ1n) is 3.59. The topological polar surface area (TPSA) is 75.2 Å². The van der Waals surface area contributed by atoms with Gasteiger partial charge in [-0.05, 0) is 12.1 Å². The van der Waals surface area contributed by atoms with Crippen LogP contribution in [0.2, 0.25) is 0 Å². The van der Waals surface area contributed by atoms with Crippen molar-refractivity contribution in [2.45, 2.75) is 0 Å². The monoisotopic (exact) mass is 178 g/mol. The zero-order chi connectivity index (χ0) is 9.26. The highest BCUT2D eigenvalue weighted by molar-refractivity contribution is 5.80. The van der Waals surface area contributed by atoms with Crippen molar-refractivity contribution < 1.29 is 14.6 Å². The lowest BCUT2D eigenvalue weighted by Gasteiger charge is -1.97. The summed E-state index contributed by atoms with van der Waals surface area (Å²) in [6.45, 7) is 0. The number of ether oxygens (including phenoxy) is 1. The third kappa shape index (κ3) is 1.44. The van der Waals surface area contributed by atoms with Crippen LogP contribution >= 0.6 is 0 Å². The number of carbonyl (C=O) groups is 1. The number of hydrogen-bond acceptors (Lipinski definition) is 3. The van der Waals surface area contributed by atoms with Crippen LogP contribution in [0.25, 0.3) is 10.9 Å². The first-order chi connectivity index (χ1) is 6.25. The van der Waals surface area contributed by atoms with Crippen LogP contribution in [0.4, 0.5) is 4.79 Å². The molecular weight excluding hydrogens is 172 g/mol. The maximum absolute atomic E-state index is 10.2. The second-order valence-corrected chi connectivity index (χ2v) is 2.49. The molecule has 0 aliphatic rings. The smallest absolute Gasteiger partial charge is 0.449 e. The van der Waals surface area contributed by atoms with Gasteiger partial charge in [0.2, 0.25) is 0 Å². The number of hydrogen-bond donors (Lipinski definition) is 2. The van der Waals surface area contributed by atoms with E-state index in [-0.39, 0.29) is 5.75 Å². The second-order valence-electron chi connectivity index (χ2n) is 2.49. The molecule has 0 atom stereocenters. The molecule has 2 aromatic rings. The van der Waals surface area contributed by atoms with Gasteiger partial charge in [-0.25, -0.2) is 4.79 Å². The fourth-order valence-corrected chi connectivity index (χ4v) is 1.08. The van der Waals surface area contributed by atoms with Crippen molar-refractivity contribution in [1.82, 2.24) is 10.2 Å². The molecule has 1 aromatic carbocycles. The van der Waals surface area contributed by atoms with Crippen LogP contribution in [-0.4, -0.2) is 21.5 Å². The van der Waals surface area contributed by atoms with Crippen LogP contribution < -0.4 is 4.74 Å². The van der Waals surface area contributed by atoms with Crippen molar-refractivity contribution in [1.29, 1.82) is 0 Å². The fraction of sp³-hybridized carbons (Fsp3) is 0. The van der Waals surface area contributed by atoms with Gasteiger partial charge in [0.05, 0.1) is 11.7 Å². The number of aromatic amines is 1. The Morgan fingerprint density at radius 2 is 2.38 bits per heavy atom. The van der Waals surface area contributed by atoms with E-state index in [0.717, 1.165) is 10.9 Å². The summed E-state index contributed by atoms with van der Waals surface area (Å²) < 4.78 is 4.46. The minimum Gasteiger partial charge on any atom is -0.449 e. The van der Waals surface area contributed by atoms with Crippen molar-refractivity contribution >= 4 is 17.1 Å². The normalized spacial score (nSPS) is 10.2. The average molecular weight is 178 g/mol. The summed E-state index contributed by atoms with van der Waals surface area (Å²) in [4.78, 5) is 10.2. The van der Waals surface area contributed by atoms with Gasteiger partial charge >= 0.3 is 6.16 Å². The van der Waals surface area contributed by atoms with Crippen LogP contribution in [0.1, 0.15) is 0 Å². The molecule has 0 amide bonds. The van der Waals surface area contributed by atoms with Gasteiger partial charge in [-0.3, -0.25) is 5.10 Å². The van der Waals surface area contributed by atoms with Crippen molar-refractivity contribution in [3.8, 4) is 5.75 Å². The number of nitrogens with one attached hydrogen (secondary N) is 1. The Kier molecular flexibility index (Phi) is 1.63. The zero-order valence-electron chi connectivity index (χ0n) is 6.52. The first kappa shape index (κ1) is 7.60. The molecule has 1 aromatic heterocycles. The van der Waals surface area contributed by atoms with Crippen molar-refractivity contribution in [3.63, 3.8) is 0 Å². The predicted molar refractivity (Wildman–Crippen MR) is 44.7 cm³/mol. The molecule has 0 saturated carbocycles. The molecule has 1 heterocycles.